The minimum Gasteiger partial charge on any atom is -0.299 e. The van der Waals surface area contributed by atoms with Gasteiger partial charge in [0.15, 0.2) is 0 Å². The van der Waals surface area contributed by atoms with Crippen molar-refractivity contribution in [1.82, 2.24) is 20.2 Å². The van der Waals surface area contributed by atoms with Gasteiger partial charge in [0.2, 0.25) is 0 Å². The molecule has 2 atom stereocenters. The van der Waals surface area contributed by atoms with Crippen molar-refractivity contribution in [2.24, 2.45) is 5.84 Å². The summed E-state index contributed by atoms with van der Waals surface area (Å²) in [7, 11) is 0. The van der Waals surface area contributed by atoms with Crippen LogP contribution in [-0.2, 0) is 6.42 Å². The fourth-order valence-corrected chi connectivity index (χ4v) is 3.12. The van der Waals surface area contributed by atoms with Gasteiger partial charge < -0.3 is 0 Å². The van der Waals surface area contributed by atoms with Crippen molar-refractivity contribution in [3.63, 3.8) is 0 Å². The van der Waals surface area contributed by atoms with Gasteiger partial charge in [0.1, 0.15) is 0 Å². The lowest BCUT2D eigenvalue weighted by atomic mass is 9.95. The summed E-state index contributed by atoms with van der Waals surface area (Å²) < 4.78 is 0. The molecule has 3 aliphatic heterocycles. The fourth-order valence-electron chi connectivity index (χ4n) is 3.12. The van der Waals surface area contributed by atoms with E-state index >= 15 is 0 Å². The number of nitrogens with one attached hydrogen (secondary N) is 1. The highest BCUT2D eigenvalue weighted by Crippen LogP contribution is 2.19. The van der Waals surface area contributed by atoms with Crippen molar-refractivity contribution >= 4 is 0 Å². The lowest BCUT2D eigenvalue weighted by Crippen LogP contribution is -2.67. The molecule has 18 heavy (non-hydrogen) atoms. The predicted molar refractivity (Wildman–Crippen MR) is 70.9 cm³/mol. The summed E-state index contributed by atoms with van der Waals surface area (Å²) in [6, 6.07) is 4.93. The third-order valence-electron chi connectivity index (χ3n) is 4.18. The van der Waals surface area contributed by atoms with E-state index < -0.39 is 0 Å². The Labute approximate surface area is 108 Å². The number of nitrogens with zero attached hydrogens (tertiary/aromatic N) is 3. The van der Waals surface area contributed by atoms with Crippen LogP contribution < -0.4 is 11.3 Å². The Hall–Kier alpha value is -1.01. The van der Waals surface area contributed by atoms with Gasteiger partial charge in [0.25, 0.3) is 0 Å². The molecule has 4 heterocycles. The largest absolute Gasteiger partial charge is 0.299 e. The van der Waals surface area contributed by atoms with Crippen LogP contribution >= 0.6 is 0 Å². The van der Waals surface area contributed by atoms with Crippen LogP contribution in [0.1, 0.15) is 5.56 Å². The topological polar surface area (TPSA) is 57.4 Å². The van der Waals surface area contributed by atoms with Gasteiger partial charge in [-0.25, -0.2) is 0 Å². The molecule has 0 amide bonds. The first-order chi connectivity index (χ1) is 8.86. The summed E-state index contributed by atoms with van der Waals surface area (Å²) in [5.74, 6) is 5.77. The van der Waals surface area contributed by atoms with Crippen LogP contribution in [0.2, 0.25) is 0 Å². The second-order valence-electron chi connectivity index (χ2n) is 5.24. The molecule has 0 radical (unpaired) electrons. The summed E-state index contributed by atoms with van der Waals surface area (Å²) in [6.45, 7) is 5.91. The SMILES string of the molecule is NNC(Cc1cccnc1)C1CN2CCN1CC2. The van der Waals surface area contributed by atoms with Crippen molar-refractivity contribution in [2.45, 2.75) is 18.5 Å². The summed E-state index contributed by atoms with van der Waals surface area (Å²) in [6.07, 6.45) is 4.69. The molecule has 5 heteroatoms. The number of piperazine rings is 3. The Morgan fingerprint density at radius 2 is 2.22 bits per heavy atom. The highest BCUT2D eigenvalue weighted by molar-refractivity contribution is 5.12. The van der Waals surface area contributed by atoms with E-state index in [0.29, 0.717) is 12.1 Å². The van der Waals surface area contributed by atoms with E-state index in [1.807, 2.05) is 18.5 Å². The zero-order valence-corrected chi connectivity index (χ0v) is 10.6. The van der Waals surface area contributed by atoms with Gasteiger partial charge >= 0.3 is 0 Å². The average molecular weight is 247 g/mol. The van der Waals surface area contributed by atoms with E-state index in [1.54, 1.807) is 0 Å². The number of nitrogens with two attached hydrogens (primary N) is 1. The third-order valence-corrected chi connectivity index (χ3v) is 4.18. The Bertz CT molecular complexity index is 374. The monoisotopic (exact) mass is 247 g/mol. The maximum absolute atomic E-state index is 5.77. The normalized spacial score (nSPS) is 32.4. The molecule has 3 saturated heterocycles. The van der Waals surface area contributed by atoms with Crippen molar-refractivity contribution in [1.29, 1.82) is 0 Å². The number of hydrogen-bond acceptors (Lipinski definition) is 5. The molecule has 0 aliphatic carbocycles. The van der Waals surface area contributed by atoms with Crippen LogP contribution in [0.15, 0.2) is 24.5 Å². The smallest absolute Gasteiger partial charge is 0.0419 e. The molecule has 98 valence electrons. The minimum absolute atomic E-state index is 0.303. The summed E-state index contributed by atoms with van der Waals surface area (Å²) in [4.78, 5) is 9.28. The first-order valence-electron chi connectivity index (χ1n) is 6.68. The Balaban J connectivity index is 1.69. The van der Waals surface area contributed by atoms with Crippen molar-refractivity contribution in [3.05, 3.63) is 30.1 Å². The third kappa shape index (κ3) is 2.40. The first-order valence-corrected chi connectivity index (χ1v) is 6.68. The van der Waals surface area contributed by atoms with E-state index in [2.05, 4.69) is 26.3 Å². The highest BCUT2D eigenvalue weighted by Gasteiger charge is 2.36. The van der Waals surface area contributed by atoms with E-state index in [1.165, 1.54) is 31.7 Å². The van der Waals surface area contributed by atoms with Crippen molar-refractivity contribution < 1.29 is 0 Å². The van der Waals surface area contributed by atoms with Crippen LogP contribution in [0.4, 0.5) is 0 Å². The number of pyridine rings is 1. The van der Waals surface area contributed by atoms with E-state index in [9.17, 15) is 0 Å². The van der Waals surface area contributed by atoms with Gasteiger partial charge in [-0.1, -0.05) is 6.07 Å². The molecule has 1 aromatic heterocycles. The Kier molecular flexibility index (Phi) is 3.56. The molecule has 3 aliphatic rings. The van der Waals surface area contributed by atoms with Gasteiger partial charge in [-0.05, 0) is 18.1 Å². The van der Waals surface area contributed by atoms with E-state index in [-0.39, 0.29) is 0 Å². The second-order valence-corrected chi connectivity index (χ2v) is 5.24. The zero-order chi connectivity index (χ0) is 12.4. The van der Waals surface area contributed by atoms with Gasteiger partial charge in [-0.15, -0.1) is 0 Å². The Morgan fingerprint density at radius 1 is 1.39 bits per heavy atom. The molecule has 0 spiro atoms. The van der Waals surface area contributed by atoms with Gasteiger partial charge in [-0.3, -0.25) is 26.1 Å². The molecule has 3 N–H and O–H groups in total. The zero-order valence-electron chi connectivity index (χ0n) is 10.6. The summed E-state index contributed by atoms with van der Waals surface area (Å²) in [5, 5.41) is 0. The molecular weight excluding hydrogens is 226 g/mol. The standard InChI is InChI=1S/C13H21N5/c14-16-12(8-11-2-1-3-15-9-11)13-10-17-4-6-18(13)7-5-17/h1-3,9,12-13,16H,4-8,10,14H2. The summed E-state index contributed by atoms with van der Waals surface area (Å²) in [5.41, 5.74) is 4.26. The van der Waals surface area contributed by atoms with Crippen LogP contribution in [0.5, 0.6) is 0 Å². The minimum atomic E-state index is 0.303. The molecule has 5 nitrogen and oxygen atoms in total. The molecule has 0 saturated carbocycles. The maximum atomic E-state index is 5.77. The van der Waals surface area contributed by atoms with Gasteiger partial charge in [0, 0.05) is 57.2 Å². The molecule has 4 rings (SSSR count). The lowest BCUT2D eigenvalue weighted by Gasteiger charge is -2.50. The number of rotatable bonds is 4. The molecule has 2 bridgehead atoms. The van der Waals surface area contributed by atoms with Gasteiger partial charge in [0.05, 0.1) is 0 Å². The quantitative estimate of drug-likeness (QED) is 0.552. The highest BCUT2D eigenvalue weighted by atomic mass is 15.4. The first kappa shape index (κ1) is 12.0. The molecule has 0 aromatic carbocycles. The molecule has 1 aromatic rings. The number of fused-ring (bicyclic) bond motifs is 3. The summed E-state index contributed by atoms with van der Waals surface area (Å²) >= 11 is 0. The molecule has 3 fully saturated rings. The molecule has 2 unspecified atom stereocenters. The number of aromatic nitrogens is 1. The van der Waals surface area contributed by atoms with E-state index in [4.69, 9.17) is 5.84 Å². The predicted octanol–water partition coefficient (Wildman–Crippen LogP) is -0.544. The van der Waals surface area contributed by atoms with E-state index in [0.717, 1.165) is 13.0 Å². The van der Waals surface area contributed by atoms with Gasteiger partial charge in [-0.2, -0.15) is 0 Å². The second kappa shape index (κ2) is 5.32. The maximum Gasteiger partial charge on any atom is 0.0419 e. The van der Waals surface area contributed by atoms with Crippen LogP contribution in [-0.4, -0.2) is 59.6 Å². The van der Waals surface area contributed by atoms with Crippen LogP contribution in [0.25, 0.3) is 0 Å². The van der Waals surface area contributed by atoms with Crippen molar-refractivity contribution in [3.8, 4) is 0 Å². The molecular formula is C13H21N5. The lowest BCUT2D eigenvalue weighted by molar-refractivity contribution is -0.00315. The number of hydrazine groups is 1. The average Bonchev–Trinajstić information content (AvgIpc) is 2.47. The Morgan fingerprint density at radius 3 is 2.78 bits per heavy atom. The van der Waals surface area contributed by atoms with Crippen molar-refractivity contribution in [2.75, 3.05) is 32.7 Å². The fraction of sp³-hybridized carbons (Fsp3) is 0.615. The number of hydrogen-bond donors (Lipinski definition) is 2. The van der Waals surface area contributed by atoms with Crippen LogP contribution in [0.3, 0.4) is 0 Å². The van der Waals surface area contributed by atoms with Crippen LogP contribution in [0, 0.1) is 0 Å².